The van der Waals surface area contributed by atoms with Crippen molar-refractivity contribution in [3.8, 4) is 17.2 Å². The maximum absolute atomic E-state index is 9.38. The summed E-state index contributed by atoms with van der Waals surface area (Å²) in [7, 11) is 0. The lowest BCUT2D eigenvalue weighted by Crippen LogP contribution is -1.90. The van der Waals surface area contributed by atoms with Gasteiger partial charge in [0.05, 0.1) is 0 Å². The molecule has 120 valence electrons. The highest BCUT2D eigenvalue weighted by Crippen LogP contribution is 2.30. The molecular formula is C20H22O3. The minimum absolute atomic E-state index is 0.198. The normalized spacial score (nSPS) is 10.4. The maximum Gasteiger partial charge on any atom is 0.123 e. The van der Waals surface area contributed by atoms with Crippen molar-refractivity contribution in [2.45, 2.75) is 26.7 Å². The van der Waals surface area contributed by atoms with E-state index >= 15 is 0 Å². The molecule has 23 heavy (non-hydrogen) atoms. The lowest BCUT2D eigenvalue weighted by molar-refractivity contribution is 0.474. The van der Waals surface area contributed by atoms with Crippen LogP contribution < -0.4 is 0 Å². The van der Waals surface area contributed by atoms with Gasteiger partial charge in [-0.05, 0) is 48.2 Å². The number of aromatic hydroxyl groups is 3. The van der Waals surface area contributed by atoms with Crippen LogP contribution in [0.5, 0.6) is 17.2 Å². The molecule has 0 aliphatic carbocycles. The zero-order valence-corrected chi connectivity index (χ0v) is 13.6. The summed E-state index contributed by atoms with van der Waals surface area (Å²) in [4.78, 5) is 0. The summed E-state index contributed by atoms with van der Waals surface area (Å²) in [5.74, 6) is 1.29. The number of phenolic OH excluding ortho intramolecular Hbond substituents is 3. The molecule has 3 heteroatoms. The van der Waals surface area contributed by atoms with E-state index in [-0.39, 0.29) is 11.5 Å². The van der Waals surface area contributed by atoms with Crippen molar-refractivity contribution in [2.75, 3.05) is 0 Å². The van der Waals surface area contributed by atoms with Gasteiger partial charge < -0.3 is 15.3 Å². The van der Waals surface area contributed by atoms with Gasteiger partial charge in [-0.25, -0.2) is 0 Å². The Morgan fingerprint density at radius 2 is 1.26 bits per heavy atom. The molecule has 0 radical (unpaired) electrons. The fraction of sp³-hybridized carbons (Fsp3) is 0.200. The molecule has 0 spiro atoms. The molecule has 0 amide bonds. The van der Waals surface area contributed by atoms with Crippen molar-refractivity contribution in [3.63, 3.8) is 0 Å². The van der Waals surface area contributed by atoms with Gasteiger partial charge in [0.15, 0.2) is 0 Å². The quantitative estimate of drug-likeness (QED) is 0.587. The molecule has 3 aromatic rings. The van der Waals surface area contributed by atoms with Gasteiger partial charge in [0, 0.05) is 10.8 Å². The number of fused-ring (bicyclic) bond motifs is 1. The monoisotopic (exact) mass is 310 g/mol. The van der Waals surface area contributed by atoms with E-state index in [4.69, 9.17) is 5.11 Å². The molecule has 3 aromatic carbocycles. The summed E-state index contributed by atoms with van der Waals surface area (Å²) in [6, 6.07) is 15.7. The average Bonchev–Trinajstić information content (AvgIpc) is 2.49. The Kier molecular flexibility index (Phi) is 5.12. The Balaban J connectivity index is 0.000000168. The zero-order valence-electron chi connectivity index (χ0n) is 13.6. The predicted octanol–water partition coefficient (Wildman–Crippen LogP) is 5.08. The first-order chi connectivity index (χ1) is 10.9. The highest BCUT2D eigenvalue weighted by Gasteiger charge is 2.02. The summed E-state index contributed by atoms with van der Waals surface area (Å²) in [6.45, 7) is 6.33. The third kappa shape index (κ3) is 3.95. The molecule has 0 unspecified atom stereocenters. The van der Waals surface area contributed by atoms with E-state index in [1.165, 1.54) is 11.1 Å². The Morgan fingerprint density at radius 1 is 0.739 bits per heavy atom. The Bertz CT molecular complexity index is 766. The van der Waals surface area contributed by atoms with Crippen LogP contribution in [0.4, 0.5) is 0 Å². The highest BCUT2D eigenvalue weighted by molar-refractivity contribution is 5.92. The summed E-state index contributed by atoms with van der Waals surface area (Å²) in [5.41, 5.74) is 2.47. The van der Waals surface area contributed by atoms with Crippen molar-refractivity contribution < 1.29 is 15.3 Å². The Labute approximate surface area is 136 Å². The zero-order chi connectivity index (χ0) is 17.0. The van der Waals surface area contributed by atoms with Crippen LogP contribution in [0.2, 0.25) is 0 Å². The first-order valence-corrected chi connectivity index (χ1v) is 7.59. The second kappa shape index (κ2) is 7.05. The lowest BCUT2D eigenvalue weighted by Gasteiger charge is -2.08. The van der Waals surface area contributed by atoms with Crippen molar-refractivity contribution >= 4 is 10.8 Å². The molecule has 0 aliphatic rings. The fourth-order valence-corrected chi connectivity index (χ4v) is 2.58. The van der Waals surface area contributed by atoms with Crippen LogP contribution in [0.1, 0.15) is 30.9 Å². The van der Waals surface area contributed by atoms with Crippen LogP contribution in [0, 0.1) is 6.92 Å². The maximum atomic E-state index is 9.38. The van der Waals surface area contributed by atoms with E-state index in [2.05, 4.69) is 13.8 Å². The molecular weight excluding hydrogens is 288 g/mol. The Hall–Kier alpha value is -2.68. The van der Waals surface area contributed by atoms with E-state index in [0.29, 0.717) is 22.4 Å². The van der Waals surface area contributed by atoms with E-state index in [1.807, 2.05) is 13.0 Å². The summed E-state index contributed by atoms with van der Waals surface area (Å²) in [5, 5.41) is 29.2. The highest BCUT2D eigenvalue weighted by atomic mass is 16.3. The number of aryl methyl sites for hydroxylation is 1. The second-order valence-corrected chi connectivity index (χ2v) is 5.84. The van der Waals surface area contributed by atoms with Crippen LogP contribution in [0.3, 0.4) is 0 Å². The molecule has 0 fully saturated rings. The van der Waals surface area contributed by atoms with E-state index in [1.54, 1.807) is 48.5 Å². The third-order valence-electron chi connectivity index (χ3n) is 3.75. The van der Waals surface area contributed by atoms with E-state index in [0.717, 1.165) is 0 Å². The molecule has 0 saturated heterocycles. The first-order valence-electron chi connectivity index (χ1n) is 7.59. The number of benzene rings is 3. The molecule has 3 N–H and O–H groups in total. The van der Waals surface area contributed by atoms with Crippen LogP contribution in [0.15, 0.2) is 54.6 Å². The van der Waals surface area contributed by atoms with E-state index in [9.17, 15) is 10.2 Å². The van der Waals surface area contributed by atoms with Gasteiger partial charge in [-0.2, -0.15) is 0 Å². The topological polar surface area (TPSA) is 60.7 Å². The molecule has 0 aromatic heterocycles. The van der Waals surface area contributed by atoms with Crippen molar-refractivity contribution in [2.24, 2.45) is 0 Å². The average molecular weight is 310 g/mol. The fourth-order valence-electron chi connectivity index (χ4n) is 2.58. The van der Waals surface area contributed by atoms with Crippen LogP contribution in [0.25, 0.3) is 10.8 Å². The standard InChI is InChI=1S/C10H8O2.C10H14O/c11-9-5-1-3-7-8(9)4-2-6-10(7)12;1-7(2)10-5-4-9(11)6-8(10)3/h1-6,11-12H;4-7,11H,1-3H3. The number of rotatable bonds is 1. The van der Waals surface area contributed by atoms with Crippen LogP contribution >= 0.6 is 0 Å². The smallest absolute Gasteiger partial charge is 0.123 e. The van der Waals surface area contributed by atoms with Crippen molar-refractivity contribution in [1.29, 1.82) is 0 Å². The van der Waals surface area contributed by atoms with Gasteiger partial charge in [-0.1, -0.05) is 44.2 Å². The first kappa shape index (κ1) is 16.7. The molecule has 0 heterocycles. The predicted molar refractivity (Wildman–Crippen MR) is 94.2 cm³/mol. The van der Waals surface area contributed by atoms with Crippen LogP contribution in [-0.4, -0.2) is 15.3 Å². The van der Waals surface area contributed by atoms with Gasteiger partial charge in [-0.3, -0.25) is 0 Å². The third-order valence-corrected chi connectivity index (χ3v) is 3.75. The molecule has 0 atom stereocenters. The van der Waals surface area contributed by atoms with Gasteiger partial charge in [-0.15, -0.1) is 0 Å². The summed E-state index contributed by atoms with van der Waals surface area (Å²) >= 11 is 0. The number of hydrogen-bond donors (Lipinski definition) is 3. The molecule has 3 rings (SSSR count). The van der Waals surface area contributed by atoms with Crippen LogP contribution in [-0.2, 0) is 0 Å². The SMILES string of the molecule is Cc1cc(O)ccc1C(C)C.Oc1cccc2c(O)cccc12. The van der Waals surface area contributed by atoms with Gasteiger partial charge >= 0.3 is 0 Å². The Morgan fingerprint density at radius 3 is 1.70 bits per heavy atom. The molecule has 0 aliphatic heterocycles. The molecule has 0 saturated carbocycles. The molecule has 0 bridgehead atoms. The van der Waals surface area contributed by atoms with Gasteiger partial charge in [0.1, 0.15) is 17.2 Å². The summed E-state index contributed by atoms with van der Waals surface area (Å²) < 4.78 is 0. The number of phenols is 3. The van der Waals surface area contributed by atoms with E-state index < -0.39 is 0 Å². The lowest BCUT2D eigenvalue weighted by atomic mass is 9.98. The number of hydrogen-bond acceptors (Lipinski definition) is 3. The minimum Gasteiger partial charge on any atom is -0.508 e. The minimum atomic E-state index is 0.198. The second-order valence-electron chi connectivity index (χ2n) is 5.84. The molecule has 3 nitrogen and oxygen atoms in total. The van der Waals surface area contributed by atoms with Gasteiger partial charge in [0.25, 0.3) is 0 Å². The van der Waals surface area contributed by atoms with Gasteiger partial charge in [0.2, 0.25) is 0 Å². The van der Waals surface area contributed by atoms with Crippen molar-refractivity contribution in [3.05, 3.63) is 65.7 Å². The largest absolute Gasteiger partial charge is 0.508 e. The summed E-state index contributed by atoms with van der Waals surface area (Å²) in [6.07, 6.45) is 0. The van der Waals surface area contributed by atoms with Crippen molar-refractivity contribution in [1.82, 2.24) is 0 Å².